The van der Waals surface area contributed by atoms with Crippen molar-refractivity contribution in [1.82, 2.24) is 4.57 Å². The van der Waals surface area contributed by atoms with Gasteiger partial charge >= 0.3 is 0 Å². The van der Waals surface area contributed by atoms with E-state index in [1.54, 1.807) is 0 Å². The Labute approximate surface area is 384 Å². The zero-order valence-electron chi connectivity index (χ0n) is 36.5. The third kappa shape index (κ3) is 4.61. The van der Waals surface area contributed by atoms with Gasteiger partial charge in [-0.05, 0) is 122 Å². The molecule has 0 atom stereocenters. The van der Waals surface area contributed by atoms with Gasteiger partial charge in [-0.1, -0.05) is 189 Å². The maximum atomic E-state index is 2.63. The number of para-hydroxylation sites is 1. The highest BCUT2D eigenvalue weighted by Crippen LogP contribution is 2.63. The van der Waals surface area contributed by atoms with Crippen LogP contribution in [0.1, 0.15) is 59.1 Å². The minimum Gasteiger partial charge on any atom is -0.310 e. The second kappa shape index (κ2) is 13.3. The first-order valence-electron chi connectivity index (χ1n) is 23.7. The smallest absolute Gasteiger partial charge is 0.0713 e. The Balaban J connectivity index is 1.01. The Morgan fingerprint density at radius 3 is 1.82 bits per heavy atom. The van der Waals surface area contributed by atoms with Gasteiger partial charge in [0.15, 0.2) is 0 Å². The number of aromatic nitrogens is 1. The minimum atomic E-state index is -0.466. The molecule has 1 fully saturated rings. The first-order chi connectivity index (χ1) is 32.7. The summed E-state index contributed by atoms with van der Waals surface area (Å²) in [5.41, 5.74) is 23.2. The number of anilines is 3. The van der Waals surface area contributed by atoms with Gasteiger partial charge in [-0.15, -0.1) is 0 Å². The van der Waals surface area contributed by atoms with Crippen molar-refractivity contribution in [3.63, 3.8) is 0 Å². The summed E-state index contributed by atoms with van der Waals surface area (Å²) in [4.78, 5) is 2.50. The lowest BCUT2D eigenvalue weighted by Gasteiger charge is -2.34. The maximum absolute atomic E-state index is 2.63. The number of nitrogens with zero attached hydrogens (tertiary/aromatic N) is 2. The van der Waals surface area contributed by atoms with Crippen LogP contribution in [0.5, 0.6) is 0 Å². The fraction of sp³-hybridized carbons (Fsp3) is 0.0938. The van der Waals surface area contributed by atoms with E-state index < -0.39 is 5.41 Å². The van der Waals surface area contributed by atoms with E-state index in [2.05, 4.69) is 228 Å². The number of hydrogen-bond donors (Lipinski definition) is 0. The van der Waals surface area contributed by atoms with Crippen LogP contribution >= 0.6 is 0 Å². The molecule has 0 radical (unpaired) electrons. The van der Waals surface area contributed by atoms with Crippen molar-refractivity contribution in [2.75, 3.05) is 4.90 Å². The molecule has 10 aromatic carbocycles. The number of fused-ring (bicyclic) bond motifs is 12. The standard InChI is InChI=1S/C64H44N2/c1-3-18-43(19-4-1)64(44-20-5-2-6-21-44)54-25-11-9-22-48(54)53-39-46(31-34-55(53)64)65(45-29-28-41-16-7-8-17-42(41)38-45)47-30-32-50-51-24-15-26-56-60(51)61-57(63(56)36-13-14-37-63)35-33-52-49-23-10-12-27-58(49)66(62(52)61)59(50)40-47/h1-12,15-35,38-40H,13-14,36-37H2. The van der Waals surface area contributed by atoms with E-state index in [1.807, 2.05) is 0 Å². The van der Waals surface area contributed by atoms with Gasteiger partial charge in [0.05, 0.1) is 22.1 Å². The highest BCUT2D eigenvalue weighted by atomic mass is 15.1. The van der Waals surface area contributed by atoms with E-state index in [0.29, 0.717) is 0 Å². The van der Waals surface area contributed by atoms with E-state index >= 15 is 0 Å². The topological polar surface area (TPSA) is 8.17 Å². The lowest BCUT2D eigenvalue weighted by atomic mass is 9.68. The summed E-state index contributed by atoms with van der Waals surface area (Å²) < 4.78 is 2.63. The van der Waals surface area contributed by atoms with Crippen molar-refractivity contribution in [3.8, 4) is 39.1 Å². The molecule has 1 aromatic heterocycles. The van der Waals surface area contributed by atoms with Crippen LogP contribution in [-0.4, -0.2) is 4.57 Å². The quantitative estimate of drug-likeness (QED) is 0.168. The Morgan fingerprint density at radius 2 is 0.985 bits per heavy atom. The van der Waals surface area contributed by atoms with Crippen molar-refractivity contribution in [2.24, 2.45) is 0 Å². The molecule has 1 saturated carbocycles. The van der Waals surface area contributed by atoms with Gasteiger partial charge in [-0.25, -0.2) is 0 Å². The molecule has 0 bridgehead atoms. The lowest BCUT2D eigenvalue weighted by Crippen LogP contribution is -2.28. The van der Waals surface area contributed by atoms with Crippen molar-refractivity contribution >= 4 is 49.6 Å². The molecule has 11 aromatic rings. The van der Waals surface area contributed by atoms with E-state index in [1.165, 1.54) is 131 Å². The normalized spacial score (nSPS) is 15.3. The van der Waals surface area contributed by atoms with Gasteiger partial charge in [0.2, 0.25) is 0 Å². The molecular formula is C64H44N2. The molecule has 0 N–H and O–H groups in total. The summed E-state index contributed by atoms with van der Waals surface area (Å²) in [6, 6.07) is 82.8. The molecule has 4 aliphatic rings. The first-order valence-corrected chi connectivity index (χ1v) is 23.7. The van der Waals surface area contributed by atoms with Gasteiger partial charge in [-0.2, -0.15) is 0 Å². The van der Waals surface area contributed by atoms with Crippen molar-refractivity contribution in [1.29, 1.82) is 0 Å². The Morgan fingerprint density at radius 1 is 0.379 bits per heavy atom. The molecule has 310 valence electrons. The van der Waals surface area contributed by atoms with Gasteiger partial charge in [-0.3, -0.25) is 0 Å². The van der Waals surface area contributed by atoms with Crippen molar-refractivity contribution in [3.05, 3.63) is 252 Å². The van der Waals surface area contributed by atoms with Gasteiger partial charge < -0.3 is 9.47 Å². The third-order valence-corrected chi connectivity index (χ3v) is 16.1. The van der Waals surface area contributed by atoms with Gasteiger partial charge in [0.1, 0.15) is 0 Å². The van der Waals surface area contributed by atoms with E-state index in [4.69, 9.17) is 0 Å². The summed E-state index contributed by atoms with van der Waals surface area (Å²) in [7, 11) is 0. The SMILES string of the molecule is c1ccc(C2(c3ccccc3)c3ccccc3-c3cc(N(c4ccc5c(c4)-n4c6ccccc6c6ccc7c(c64)-c4c-5cccc4C74CCCC4)c4ccc5ccccc5c4)ccc32)cc1. The molecule has 2 heteroatoms. The fourth-order valence-corrected chi connectivity index (χ4v) is 13.5. The predicted molar refractivity (Wildman–Crippen MR) is 274 cm³/mol. The molecule has 2 heterocycles. The van der Waals surface area contributed by atoms with Crippen LogP contribution < -0.4 is 4.90 Å². The zero-order chi connectivity index (χ0) is 43.1. The Kier molecular flexibility index (Phi) is 7.34. The molecule has 1 aliphatic heterocycles. The summed E-state index contributed by atoms with van der Waals surface area (Å²) in [6.07, 6.45) is 5.00. The summed E-state index contributed by atoms with van der Waals surface area (Å²) in [5, 5.41) is 5.10. The van der Waals surface area contributed by atoms with Crippen LogP contribution in [0, 0.1) is 0 Å². The van der Waals surface area contributed by atoms with Crippen LogP contribution in [0.3, 0.4) is 0 Å². The first kappa shape index (κ1) is 36.4. The lowest BCUT2D eigenvalue weighted by molar-refractivity contribution is 0.550. The molecule has 2 nitrogen and oxygen atoms in total. The fourth-order valence-electron chi connectivity index (χ4n) is 13.5. The van der Waals surface area contributed by atoms with E-state index in [-0.39, 0.29) is 5.41 Å². The average Bonchev–Trinajstić information content (AvgIpc) is 4.13. The molecule has 66 heavy (non-hydrogen) atoms. The molecular weight excluding hydrogens is 797 g/mol. The van der Waals surface area contributed by atoms with E-state index in [0.717, 1.165) is 17.1 Å². The highest BCUT2D eigenvalue weighted by Gasteiger charge is 2.49. The third-order valence-electron chi connectivity index (χ3n) is 16.1. The summed E-state index contributed by atoms with van der Waals surface area (Å²) in [5.74, 6) is 0. The second-order valence-electron chi connectivity index (χ2n) is 19.1. The van der Waals surface area contributed by atoms with E-state index in [9.17, 15) is 0 Å². The molecule has 15 rings (SSSR count). The molecule has 0 saturated heterocycles. The Hall–Kier alpha value is -7.94. The molecule has 0 amide bonds. The largest absolute Gasteiger partial charge is 0.310 e. The van der Waals surface area contributed by atoms with Crippen LogP contribution in [0.4, 0.5) is 17.1 Å². The van der Waals surface area contributed by atoms with Crippen molar-refractivity contribution < 1.29 is 0 Å². The van der Waals surface area contributed by atoms with Gasteiger partial charge in [0, 0.05) is 44.4 Å². The predicted octanol–water partition coefficient (Wildman–Crippen LogP) is 16.6. The molecule has 0 unspecified atom stereocenters. The average molecular weight is 841 g/mol. The minimum absolute atomic E-state index is 0.0886. The number of rotatable bonds is 5. The molecule has 3 aliphatic carbocycles. The molecule has 1 spiro atoms. The van der Waals surface area contributed by atoms with Crippen LogP contribution in [0.2, 0.25) is 0 Å². The van der Waals surface area contributed by atoms with Crippen LogP contribution in [-0.2, 0) is 10.8 Å². The maximum Gasteiger partial charge on any atom is 0.0713 e. The number of hydrogen-bond acceptors (Lipinski definition) is 1. The summed E-state index contributed by atoms with van der Waals surface area (Å²) >= 11 is 0. The zero-order valence-corrected chi connectivity index (χ0v) is 36.5. The van der Waals surface area contributed by atoms with Gasteiger partial charge in [0.25, 0.3) is 0 Å². The number of benzene rings is 10. The Bertz CT molecular complexity index is 3790. The van der Waals surface area contributed by atoms with Crippen LogP contribution in [0.25, 0.3) is 71.6 Å². The monoisotopic (exact) mass is 840 g/mol. The van der Waals surface area contributed by atoms with Crippen LogP contribution in [0.15, 0.2) is 218 Å². The second-order valence-corrected chi connectivity index (χ2v) is 19.1. The van der Waals surface area contributed by atoms with Crippen molar-refractivity contribution in [2.45, 2.75) is 36.5 Å². The highest BCUT2D eigenvalue weighted by molar-refractivity contribution is 6.19. The summed E-state index contributed by atoms with van der Waals surface area (Å²) in [6.45, 7) is 0.